The molecule has 19 heavy (non-hydrogen) atoms. The molecule has 102 valence electrons. The molecule has 0 atom stereocenters. The van der Waals surface area contributed by atoms with Crippen LogP contribution in [0.5, 0.6) is 0 Å². The van der Waals surface area contributed by atoms with Crippen molar-refractivity contribution in [2.45, 2.75) is 12.6 Å². The highest BCUT2D eigenvalue weighted by Crippen LogP contribution is 2.27. The molecule has 0 bridgehead atoms. The Labute approximate surface area is 106 Å². The molecule has 1 aromatic heterocycles. The maximum Gasteiger partial charge on any atom is 0.433 e. The Morgan fingerprint density at radius 3 is 2.84 bits per heavy atom. The molecule has 0 fully saturated rings. The normalized spacial score (nSPS) is 14.8. The van der Waals surface area contributed by atoms with Crippen LogP contribution in [0.15, 0.2) is 23.4 Å². The van der Waals surface area contributed by atoms with Crippen LogP contribution in [0.2, 0.25) is 0 Å². The third kappa shape index (κ3) is 3.43. The van der Waals surface area contributed by atoms with Crippen LogP contribution in [0.4, 0.5) is 13.2 Å². The van der Waals surface area contributed by atoms with Gasteiger partial charge in [-0.15, -0.1) is 0 Å². The van der Waals surface area contributed by atoms with Gasteiger partial charge in [0, 0.05) is 6.42 Å². The second-order valence-electron chi connectivity index (χ2n) is 3.83. The first-order valence-corrected chi connectivity index (χ1v) is 5.47. The van der Waals surface area contributed by atoms with Gasteiger partial charge in [0.05, 0.1) is 12.3 Å². The van der Waals surface area contributed by atoms with E-state index >= 15 is 0 Å². The van der Waals surface area contributed by atoms with Gasteiger partial charge in [-0.3, -0.25) is 4.79 Å². The summed E-state index contributed by atoms with van der Waals surface area (Å²) in [4.78, 5) is 19.7. The Balaban J connectivity index is 2.02. The topological polar surface area (TPSA) is 63.6 Å². The smallest absolute Gasteiger partial charge is 0.395 e. The highest BCUT2D eigenvalue weighted by molar-refractivity contribution is 5.96. The molecule has 0 aliphatic carbocycles. The Kier molecular flexibility index (Phi) is 3.68. The van der Waals surface area contributed by atoms with Gasteiger partial charge in [0.2, 0.25) is 0 Å². The van der Waals surface area contributed by atoms with Gasteiger partial charge < -0.3 is 10.2 Å². The van der Waals surface area contributed by atoms with E-state index in [-0.39, 0.29) is 12.2 Å². The second-order valence-corrected chi connectivity index (χ2v) is 3.83. The monoisotopic (exact) mass is 273 g/mol. The number of hydrogen-bond donors (Lipinski definition) is 1. The number of aromatic nitrogens is 1. The molecule has 5 nitrogen and oxygen atoms in total. The van der Waals surface area contributed by atoms with Crippen molar-refractivity contribution in [2.75, 3.05) is 13.2 Å². The van der Waals surface area contributed by atoms with Gasteiger partial charge >= 0.3 is 6.18 Å². The van der Waals surface area contributed by atoms with E-state index in [4.69, 9.17) is 4.84 Å². The fraction of sp³-hybridized carbons (Fsp3) is 0.364. The number of carbonyl (C=O) groups excluding carboxylic acids is 1. The molecule has 0 saturated carbocycles. The Morgan fingerprint density at radius 2 is 2.21 bits per heavy atom. The molecule has 0 unspecified atom stereocenters. The van der Waals surface area contributed by atoms with E-state index in [9.17, 15) is 18.0 Å². The van der Waals surface area contributed by atoms with Crippen molar-refractivity contribution in [2.24, 2.45) is 5.16 Å². The van der Waals surface area contributed by atoms with Crippen LogP contribution in [0, 0.1) is 0 Å². The Hall–Kier alpha value is -2.12. The highest BCUT2D eigenvalue weighted by atomic mass is 19.4. The third-order valence-electron chi connectivity index (χ3n) is 2.40. The first-order chi connectivity index (χ1) is 8.97. The summed E-state index contributed by atoms with van der Waals surface area (Å²) < 4.78 is 37.3. The molecule has 0 spiro atoms. The number of amides is 1. The van der Waals surface area contributed by atoms with Crippen LogP contribution >= 0.6 is 0 Å². The van der Waals surface area contributed by atoms with Crippen LogP contribution in [0.3, 0.4) is 0 Å². The van der Waals surface area contributed by atoms with Gasteiger partial charge in [-0.1, -0.05) is 11.2 Å². The van der Waals surface area contributed by atoms with Crippen LogP contribution in [0.25, 0.3) is 0 Å². The molecule has 1 N–H and O–H groups in total. The zero-order valence-electron chi connectivity index (χ0n) is 9.70. The fourth-order valence-corrected chi connectivity index (χ4v) is 1.46. The lowest BCUT2D eigenvalue weighted by molar-refractivity contribution is -0.141. The van der Waals surface area contributed by atoms with Crippen molar-refractivity contribution < 1.29 is 22.8 Å². The summed E-state index contributed by atoms with van der Waals surface area (Å²) in [5.41, 5.74) is -0.739. The Bertz CT molecular complexity index is 514. The first kappa shape index (κ1) is 13.3. The summed E-state index contributed by atoms with van der Waals surface area (Å²) in [6, 6.07) is 3.17. The summed E-state index contributed by atoms with van der Waals surface area (Å²) in [5.74, 6) is -0.680. The van der Waals surface area contributed by atoms with E-state index in [1.807, 2.05) is 0 Å². The summed E-state index contributed by atoms with van der Waals surface area (Å²) in [7, 11) is 0. The zero-order chi connectivity index (χ0) is 13.9. The molecule has 0 aromatic carbocycles. The minimum absolute atomic E-state index is 0.136. The predicted molar refractivity (Wildman–Crippen MR) is 59.6 cm³/mol. The Morgan fingerprint density at radius 1 is 1.42 bits per heavy atom. The maximum atomic E-state index is 12.4. The molecule has 2 heterocycles. The number of nitrogens with one attached hydrogen (secondary N) is 1. The summed E-state index contributed by atoms with van der Waals surface area (Å²) in [6.45, 7) is 0.587. The number of halogens is 3. The van der Waals surface area contributed by atoms with E-state index in [0.29, 0.717) is 18.7 Å². The van der Waals surface area contributed by atoms with Crippen molar-refractivity contribution in [1.29, 1.82) is 0 Å². The highest BCUT2D eigenvalue weighted by Gasteiger charge is 2.32. The van der Waals surface area contributed by atoms with Crippen molar-refractivity contribution in [3.63, 3.8) is 0 Å². The molecule has 1 aliphatic heterocycles. The van der Waals surface area contributed by atoms with E-state index in [1.54, 1.807) is 0 Å². The summed E-state index contributed by atoms with van der Waals surface area (Å²) in [5, 5.41) is 6.10. The van der Waals surface area contributed by atoms with Crippen molar-refractivity contribution >= 4 is 11.6 Å². The van der Waals surface area contributed by atoms with Gasteiger partial charge in [0.1, 0.15) is 18.0 Å². The van der Waals surface area contributed by atoms with E-state index < -0.39 is 17.8 Å². The van der Waals surface area contributed by atoms with Crippen LogP contribution in [-0.4, -0.2) is 29.8 Å². The molecular weight excluding hydrogens is 263 g/mol. The largest absolute Gasteiger partial charge is 0.433 e. The van der Waals surface area contributed by atoms with Crippen molar-refractivity contribution in [3.8, 4) is 0 Å². The quantitative estimate of drug-likeness (QED) is 0.910. The number of rotatable bonds is 3. The molecule has 1 aliphatic rings. The second kappa shape index (κ2) is 5.25. The van der Waals surface area contributed by atoms with Gasteiger partial charge in [0.15, 0.2) is 0 Å². The molecular formula is C11H10F3N3O2. The van der Waals surface area contributed by atoms with E-state index in [1.165, 1.54) is 6.07 Å². The van der Waals surface area contributed by atoms with Crippen molar-refractivity contribution in [3.05, 3.63) is 29.6 Å². The lowest BCUT2D eigenvalue weighted by Crippen LogP contribution is -2.30. The average Bonchev–Trinajstić information content (AvgIpc) is 2.88. The minimum atomic E-state index is -4.57. The lowest BCUT2D eigenvalue weighted by atomic mass is 10.2. The molecule has 2 rings (SSSR count). The summed E-state index contributed by atoms with van der Waals surface area (Å²) >= 11 is 0. The minimum Gasteiger partial charge on any atom is -0.395 e. The van der Waals surface area contributed by atoms with E-state index in [2.05, 4.69) is 15.5 Å². The number of carbonyl (C=O) groups is 1. The van der Waals surface area contributed by atoms with Gasteiger partial charge in [0.25, 0.3) is 5.91 Å². The number of pyridine rings is 1. The zero-order valence-corrected chi connectivity index (χ0v) is 9.70. The number of alkyl halides is 3. The summed E-state index contributed by atoms with van der Waals surface area (Å²) in [6.07, 6.45) is -3.98. The molecule has 1 aromatic rings. The number of oxime groups is 1. The first-order valence-electron chi connectivity index (χ1n) is 5.47. The number of nitrogens with zero attached hydrogens (tertiary/aromatic N) is 2. The van der Waals surface area contributed by atoms with E-state index in [0.717, 1.165) is 12.1 Å². The number of hydrogen-bond acceptors (Lipinski definition) is 4. The lowest BCUT2D eigenvalue weighted by Gasteiger charge is -2.07. The van der Waals surface area contributed by atoms with Gasteiger partial charge in [-0.25, -0.2) is 4.98 Å². The van der Waals surface area contributed by atoms with Gasteiger partial charge in [-0.05, 0) is 12.1 Å². The maximum absolute atomic E-state index is 12.4. The standard InChI is InChI=1S/C11H10F3N3O2/c12-11(13,14)9-3-1-2-8(16-9)10(18)15-6-7-4-5-19-17-7/h1-3H,4-6H2,(H,15,18). The molecule has 0 saturated heterocycles. The molecule has 1 amide bonds. The molecule has 0 radical (unpaired) electrons. The predicted octanol–water partition coefficient (Wildman–Crippen LogP) is 1.61. The van der Waals surface area contributed by atoms with Crippen molar-refractivity contribution in [1.82, 2.24) is 10.3 Å². The fourth-order valence-electron chi connectivity index (χ4n) is 1.46. The van der Waals surface area contributed by atoms with Crippen LogP contribution in [-0.2, 0) is 11.0 Å². The average molecular weight is 273 g/mol. The molecule has 8 heteroatoms. The van der Waals surface area contributed by atoms with Crippen LogP contribution in [0.1, 0.15) is 22.6 Å². The van der Waals surface area contributed by atoms with Gasteiger partial charge in [-0.2, -0.15) is 13.2 Å². The third-order valence-corrected chi connectivity index (χ3v) is 2.40. The van der Waals surface area contributed by atoms with Crippen LogP contribution < -0.4 is 5.32 Å². The SMILES string of the molecule is O=C(NCC1=NOCC1)c1cccc(C(F)(F)F)n1.